The average Bonchev–Trinajstić information content (AvgIpc) is 2.75. The molecule has 1 aliphatic rings. The van der Waals surface area contributed by atoms with Crippen molar-refractivity contribution in [2.24, 2.45) is 0 Å². The van der Waals surface area contributed by atoms with E-state index >= 15 is 0 Å². The third kappa shape index (κ3) is 3.23. The molecule has 1 heterocycles. The predicted molar refractivity (Wildman–Crippen MR) is 71.7 cm³/mol. The van der Waals surface area contributed by atoms with Gasteiger partial charge in [0, 0.05) is 12.6 Å². The predicted octanol–water partition coefficient (Wildman–Crippen LogP) is 0.780. The second kappa shape index (κ2) is 5.44. The van der Waals surface area contributed by atoms with Crippen molar-refractivity contribution in [3.8, 4) is 0 Å². The monoisotopic (exact) mass is 287 g/mol. The lowest BCUT2D eigenvalue weighted by Gasteiger charge is -2.19. The quantitative estimate of drug-likeness (QED) is 0.803. The standard InChI is InChI=1S/C12H18FN3O2S/c1-16-6-2-3-10(16)8-15-19(17,18)12-7-9(13)4-5-11(12)14/h4-5,7,10,15H,2-3,6,8,14H2,1H3. The molecule has 0 aliphatic carbocycles. The average molecular weight is 287 g/mol. The molecule has 0 saturated carbocycles. The van der Waals surface area contributed by atoms with Gasteiger partial charge in [0.15, 0.2) is 0 Å². The molecule has 0 radical (unpaired) electrons. The maximum atomic E-state index is 13.1. The lowest BCUT2D eigenvalue weighted by molar-refractivity contribution is 0.311. The van der Waals surface area contributed by atoms with Crippen LogP contribution in [0.25, 0.3) is 0 Å². The van der Waals surface area contributed by atoms with Gasteiger partial charge in [0.2, 0.25) is 10.0 Å². The highest BCUT2D eigenvalue weighted by atomic mass is 32.2. The van der Waals surface area contributed by atoms with E-state index < -0.39 is 15.8 Å². The molecule has 7 heteroatoms. The van der Waals surface area contributed by atoms with Crippen LogP contribution >= 0.6 is 0 Å². The van der Waals surface area contributed by atoms with Crippen LogP contribution < -0.4 is 10.5 Å². The summed E-state index contributed by atoms with van der Waals surface area (Å²) in [6.07, 6.45) is 2.02. The number of likely N-dealkylation sites (tertiary alicyclic amines) is 1. The highest BCUT2D eigenvalue weighted by Gasteiger charge is 2.24. The number of nitrogens with one attached hydrogen (secondary N) is 1. The Morgan fingerprint density at radius 3 is 2.89 bits per heavy atom. The van der Waals surface area contributed by atoms with Crippen LogP contribution in [-0.2, 0) is 10.0 Å². The number of nitrogen functional groups attached to an aromatic ring is 1. The molecule has 1 aromatic carbocycles. The summed E-state index contributed by atoms with van der Waals surface area (Å²) < 4.78 is 39.8. The summed E-state index contributed by atoms with van der Waals surface area (Å²) >= 11 is 0. The zero-order valence-corrected chi connectivity index (χ0v) is 11.6. The molecule has 106 valence electrons. The fraction of sp³-hybridized carbons (Fsp3) is 0.500. The van der Waals surface area contributed by atoms with Gasteiger partial charge in [-0.25, -0.2) is 17.5 Å². The lowest BCUT2D eigenvalue weighted by atomic mass is 10.2. The molecule has 1 aliphatic heterocycles. The van der Waals surface area contributed by atoms with Crippen LogP contribution in [0.3, 0.4) is 0 Å². The maximum absolute atomic E-state index is 13.1. The van der Waals surface area contributed by atoms with E-state index in [1.807, 2.05) is 7.05 Å². The first kappa shape index (κ1) is 14.2. The molecule has 0 amide bonds. The van der Waals surface area contributed by atoms with Crippen LogP contribution in [0, 0.1) is 5.82 Å². The van der Waals surface area contributed by atoms with E-state index in [2.05, 4.69) is 9.62 Å². The smallest absolute Gasteiger partial charge is 0.242 e. The molecule has 1 aromatic rings. The number of benzene rings is 1. The number of hydrogen-bond donors (Lipinski definition) is 2. The zero-order chi connectivity index (χ0) is 14.0. The number of rotatable bonds is 4. The maximum Gasteiger partial charge on any atom is 0.242 e. The SMILES string of the molecule is CN1CCCC1CNS(=O)(=O)c1cc(F)ccc1N. The van der Waals surface area contributed by atoms with E-state index in [0.717, 1.165) is 31.5 Å². The third-order valence-corrected chi connectivity index (χ3v) is 4.92. The minimum atomic E-state index is -3.77. The molecule has 0 bridgehead atoms. The molecule has 0 spiro atoms. The normalized spacial score (nSPS) is 20.8. The van der Waals surface area contributed by atoms with E-state index in [1.54, 1.807) is 0 Å². The molecule has 19 heavy (non-hydrogen) atoms. The van der Waals surface area contributed by atoms with Crippen LogP contribution in [0.15, 0.2) is 23.1 Å². The Balaban J connectivity index is 2.12. The number of anilines is 1. The van der Waals surface area contributed by atoms with Crippen molar-refractivity contribution in [3.63, 3.8) is 0 Å². The Morgan fingerprint density at radius 1 is 1.53 bits per heavy atom. The van der Waals surface area contributed by atoms with Crippen molar-refractivity contribution in [3.05, 3.63) is 24.0 Å². The summed E-state index contributed by atoms with van der Waals surface area (Å²) in [5.41, 5.74) is 5.64. The summed E-state index contributed by atoms with van der Waals surface area (Å²) in [7, 11) is -1.81. The Bertz CT molecular complexity index is 562. The van der Waals surface area contributed by atoms with Crippen molar-refractivity contribution in [1.29, 1.82) is 0 Å². The van der Waals surface area contributed by atoms with Gasteiger partial charge in [0.1, 0.15) is 10.7 Å². The van der Waals surface area contributed by atoms with Crippen LogP contribution in [0.2, 0.25) is 0 Å². The molecular formula is C12H18FN3O2S. The van der Waals surface area contributed by atoms with Gasteiger partial charge in [-0.3, -0.25) is 0 Å². The van der Waals surface area contributed by atoms with Crippen molar-refractivity contribution < 1.29 is 12.8 Å². The van der Waals surface area contributed by atoms with E-state index in [4.69, 9.17) is 5.73 Å². The summed E-state index contributed by atoms with van der Waals surface area (Å²) in [6.45, 7) is 1.28. The first-order chi connectivity index (χ1) is 8.90. The van der Waals surface area contributed by atoms with Crippen LogP contribution in [0.1, 0.15) is 12.8 Å². The summed E-state index contributed by atoms with van der Waals surface area (Å²) in [6, 6.07) is 3.52. The molecule has 3 N–H and O–H groups in total. The van der Waals surface area contributed by atoms with Gasteiger partial charge in [0.05, 0.1) is 5.69 Å². The van der Waals surface area contributed by atoms with Crippen molar-refractivity contribution in [2.45, 2.75) is 23.8 Å². The summed E-state index contributed by atoms with van der Waals surface area (Å²) in [5, 5.41) is 0. The van der Waals surface area contributed by atoms with Crippen LogP contribution in [0.4, 0.5) is 10.1 Å². The van der Waals surface area contributed by atoms with Gasteiger partial charge in [-0.15, -0.1) is 0 Å². The van der Waals surface area contributed by atoms with Crippen LogP contribution in [-0.4, -0.2) is 39.5 Å². The number of likely N-dealkylation sites (N-methyl/N-ethyl adjacent to an activating group) is 1. The number of halogens is 1. The van der Waals surface area contributed by atoms with Gasteiger partial charge in [0.25, 0.3) is 0 Å². The number of hydrogen-bond acceptors (Lipinski definition) is 4. The molecule has 1 fully saturated rings. The van der Waals surface area contributed by atoms with E-state index in [0.29, 0.717) is 6.54 Å². The Labute approximate surface area is 112 Å². The molecule has 1 saturated heterocycles. The van der Waals surface area contributed by atoms with Gasteiger partial charge in [-0.2, -0.15) is 0 Å². The molecule has 1 atom stereocenters. The van der Waals surface area contributed by atoms with E-state index in [9.17, 15) is 12.8 Å². The molecule has 5 nitrogen and oxygen atoms in total. The lowest BCUT2D eigenvalue weighted by Crippen LogP contribution is -2.38. The molecule has 0 aromatic heterocycles. The number of sulfonamides is 1. The Morgan fingerprint density at radius 2 is 2.26 bits per heavy atom. The zero-order valence-electron chi connectivity index (χ0n) is 10.8. The van der Waals surface area contributed by atoms with E-state index in [-0.39, 0.29) is 16.6 Å². The highest BCUT2D eigenvalue weighted by Crippen LogP contribution is 2.20. The minimum Gasteiger partial charge on any atom is -0.398 e. The van der Waals surface area contributed by atoms with Gasteiger partial charge in [-0.05, 0) is 44.6 Å². The Hall–Kier alpha value is -1.18. The van der Waals surface area contributed by atoms with E-state index in [1.165, 1.54) is 6.07 Å². The Kier molecular flexibility index (Phi) is 4.07. The second-order valence-corrected chi connectivity index (χ2v) is 6.55. The second-order valence-electron chi connectivity index (χ2n) is 4.81. The van der Waals surface area contributed by atoms with Crippen molar-refractivity contribution >= 4 is 15.7 Å². The molecule has 2 rings (SSSR count). The number of nitrogens with two attached hydrogens (primary N) is 1. The number of nitrogens with zero attached hydrogens (tertiary/aromatic N) is 1. The molecular weight excluding hydrogens is 269 g/mol. The van der Waals surface area contributed by atoms with Gasteiger partial charge >= 0.3 is 0 Å². The van der Waals surface area contributed by atoms with Crippen LogP contribution in [0.5, 0.6) is 0 Å². The summed E-state index contributed by atoms with van der Waals surface area (Å²) in [4.78, 5) is 1.91. The third-order valence-electron chi connectivity index (χ3n) is 3.45. The van der Waals surface area contributed by atoms with Crippen molar-refractivity contribution in [2.75, 3.05) is 25.9 Å². The van der Waals surface area contributed by atoms with Gasteiger partial charge in [-0.1, -0.05) is 0 Å². The fourth-order valence-electron chi connectivity index (χ4n) is 2.26. The van der Waals surface area contributed by atoms with Crippen molar-refractivity contribution in [1.82, 2.24) is 9.62 Å². The molecule has 1 unspecified atom stereocenters. The largest absolute Gasteiger partial charge is 0.398 e. The topological polar surface area (TPSA) is 75.4 Å². The first-order valence-electron chi connectivity index (χ1n) is 6.15. The summed E-state index contributed by atoms with van der Waals surface area (Å²) in [5.74, 6) is -0.618. The minimum absolute atomic E-state index is 0.0497. The first-order valence-corrected chi connectivity index (χ1v) is 7.63. The van der Waals surface area contributed by atoms with Gasteiger partial charge < -0.3 is 10.6 Å². The fourth-order valence-corrected chi connectivity index (χ4v) is 3.48. The highest BCUT2D eigenvalue weighted by molar-refractivity contribution is 7.89.